The van der Waals surface area contributed by atoms with Gasteiger partial charge in [0.05, 0.1) is 0 Å². The quantitative estimate of drug-likeness (QED) is 0.252. The van der Waals surface area contributed by atoms with Crippen LogP contribution in [0.2, 0.25) is 0 Å². The van der Waals surface area contributed by atoms with E-state index in [9.17, 15) is 0 Å². The topological polar surface area (TPSA) is 16.1 Å². The number of halogens is 1. The van der Waals surface area contributed by atoms with Crippen LogP contribution in [0.1, 0.15) is 102 Å². The van der Waals surface area contributed by atoms with Gasteiger partial charge in [0.15, 0.2) is 0 Å². The van der Waals surface area contributed by atoms with E-state index in [-0.39, 0.29) is 17.0 Å². The number of aryl methyl sites for hydroxylation is 1. The van der Waals surface area contributed by atoms with Crippen LogP contribution in [-0.2, 0) is 6.42 Å². The first-order chi connectivity index (χ1) is 14.4. The second kappa shape index (κ2) is 15.7. The Morgan fingerprint density at radius 3 is 2.17 bits per heavy atom. The summed E-state index contributed by atoms with van der Waals surface area (Å²) in [4.78, 5) is 6.75. The highest BCUT2D eigenvalue weighted by Crippen LogP contribution is 2.29. The van der Waals surface area contributed by atoms with Crippen LogP contribution in [-0.4, -0.2) is 23.0 Å². The summed E-state index contributed by atoms with van der Waals surface area (Å²) in [6, 6.07) is 4.24. The van der Waals surface area contributed by atoms with Crippen LogP contribution < -0.4 is 0 Å². The van der Waals surface area contributed by atoms with E-state index >= 15 is 0 Å². The maximum absolute atomic E-state index is 4.19. The molecule has 2 heterocycles. The first-order valence-electron chi connectivity index (χ1n) is 12.4. The molecule has 1 aliphatic heterocycles. The molecule has 0 amide bonds. The third-order valence-electron chi connectivity index (χ3n) is 6.64. The molecular weight excluding hydrogens is 432 g/mol. The third-order valence-corrected chi connectivity index (χ3v) is 6.64. The van der Waals surface area contributed by atoms with E-state index in [0.717, 1.165) is 0 Å². The van der Waals surface area contributed by atoms with Gasteiger partial charge in [0.25, 0.3) is 0 Å². The summed E-state index contributed by atoms with van der Waals surface area (Å²) in [6.07, 6.45) is 30.8. The van der Waals surface area contributed by atoms with Crippen LogP contribution in [0.25, 0.3) is 0 Å². The molecule has 3 heteroatoms. The average Bonchev–Trinajstić information content (AvgIpc) is 2.77. The Labute approximate surface area is 196 Å². The molecule has 0 unspecified atom stereocenters. The molecule has 0 spiro atoms. The number of hydrogen-bond acceptors (Lipinski definition) is 2. The smallest absolute Gasteiger partial charge is 0.0389 e. The lowest BCUT2D eigenvalue weighted by Gasteiger charge is -2.30. The van der Waals surface area contributed by atoms with E-state index < -0.39 is 0 Å². The predicted octanol–water partition coefficient (Wildman–Crippen LogP) is 8.19. The van der Waals surface area contributed by atoms with E-state index in [0.29, 0.717) is 0 Å². The summed E-state index contributed by atoms with van der Waals surface area (Å²) < 4.78 is 0. The molecule has 0 atom stereocenters. The van der Waals surface area contributed by atoms with E-state index in [4.69, 9.17) is 0 Å². The van der Waals surface area contributed by atoms with Gasteiger partial charge in [-0.2, -0.15) is 0 Å². The molecule has 2 aliphatic rings. The van der Waals surface area contributed by atoms with Gasteiger partial charge in [-0.15, -0.1) is 17.0 Å². The van der Waals surface area contributed by atoms with Gasteiger partial charge in [0.2, 0.25) is 0 Å². The molecule has 168 valence electrons. The SMILES string of the molecule is Br.C1=CN(CCCCCCCCCCCCCc2cccnc2)CC2=C1CCCC2. The van der Waals surface area contributed by atoms with Crippen LogP contribution >= 0.6 is 17.0 Å². The maximum atomic E-state index is 4.19. The van der Waals surface area contributed by atoms with Gasteiger partial charge < -0.3 is 4.90 Å². The molecule has 2 nitrogen and oxygen atoms in total. The van der Waals surface area contributed by atoms with Crippen LogP contribution in [0.3, 0.4) is 0 Å². The molecule has 1 aromatic rings. The molecule has 0 N–H and O–H groups in total. The van der Waals surface area contributed by atoms with Gasteiger partial charge in [-0.3, -0.25) is 4.98 Å². The highest BCUT2D eigenvalue weighted by molar-refractivity contribution is 8.93. The molecule has 0 radical (unpaired) electrons. The Balaban J connectivity index is 0.00000320. The van der Waals surface area contributed by atoms with Gasteiger partial charge in [-0.05, 0) is 80.0 Å². The fourth-order valence-electron chi connectivity index (χ4n) is 4.80. The Bertz CT molecular complexity index is 623. The van der Waals surface area contributed by atoms with Crippen molar-refractivity contribution in [3.05, 3.63) is 53.5 Å². The number of nitrogens with zero attached hydrogens (tertiary/aromatic N) is 2. The lowest BCUT2D eigenvalue weighted by molar-refractivity contribution is 0.372. The second-order valence-corrected chi connectivity index (χ2v) is 9.12. The normalized spacial score (nSPS) is 15.8. The minimum absolute atomic E-state index is 0. The molecule has 0 saturated heterocycles. The summed E-state index contributed by atoms with van der Waals surface area (Å²) in [5, 5.41) is 0. The third kappa shape index (κ3) is 9.81. The Hall–Kier alpha value is -1.09. The predicted molar refractivity (Wildman–Crippen MR) is 135 cm³/mol. The molecule has 0 aromatic carbocycles. The van der Waals surface area contributed by atoms with Crippen molar-refractivity contribution >= 4 is 17.0 Å². The highest BCUT2D eigenvalue weighted by atomic mass is 79.9. The van der Waals surface area contributed by atoms with Crippen LogP contribution in [0.15, 0.2) is 47.9 Å². The second-order valence-electron chi connectivity index (χ2n) is 9.12. The fraction of sp³-hybridized carbons (Fsp3) is 0.667. The Morgan fingerprint density at radius 1 is 0.800 bits per heavy atom. The fourth-order valence-corrected chi connectivity index (χ4v) is 4.80. The first-order valence-corrected chi connectivity index (χ1v) is 12.4. The zero-order valence-corrected chi connectivity index (χ0v) is 20.7. The molecule has 0 saturated carbocycles. The number of unbranched alkanes of at least 4 members (excludes halogenated alkanes) is 10. The zero-order valence-electron chi connectivity index (χ0n) is 19.0. The molecule has 3 rings (SSSR count). The largest absolute Gasteiger partial charge is 0.373 e. The molecule has 1 aromatic heterocycles. The molecule has 0 fully saturated rings. The van der Waals surface area contributed by atoms with Crippen molar-refractivity contribution in [3.8, 4) is 0 Å². The molecule has 30 heavy (non-hydrogen) atoms. The molecule has 0 bridgehead atoms. The van der Waals surface area contributed by atoms with Gasteiger partial charge >= 0.3 is 0 Å². The van der Waals surface area contributed by atoms with Crippen molar-refractivity contribution in [1.29, 1.82) is 0 Å². The van der Waals surface area contributed by atoms with Crippen LogP contribution in [0.5, 0.6) is 0 Å². The summed E-state index contributed by atoms with van der Waals surface area (Å²) in [5.74, 6) is 0. The minimum Gasteiger partial charge on any atom is -0.373 e. The van der Waals surface area contributed by atoms with Gasteiger partial charge in [-0.1, -0.05) is 63.9 Å². The van der Waals surface area contributed by atoms with E-state index in [1.54, 1.807) is 11.1 Å². The summed E-state index contributed by atoms with van der Waals surface area (Å²) in [7, 11) is 0. The van der Waals surface area contributed by atoms with Crippen molar-refractivity contribution in [3.63, 3.8) is 0 Å². The van der Waals surface area contributed by atoms with E-state index in [1.165, 1.54) is 121 Å². The molecular formula is C27H43BrN2. The van der Waals surface area contributed by atoms with Crippen molar-refractivity contribution in [2.75, 3.05) is 13.1 Å². The number of aromatic nitrogens is 1. The maximum Gasteiger partial charge on any atom is 0.0389 e. The Kier molecular flexibility index (Phi) is 13.2. The lowest BCUT2D eigenvalue weighted by atomic mass is 9.90. The Morgan fingerprint density at radius 2 is 1.47 bits per heavy atom. The summed E-state index contributed by atoms with van der Waals surface area (Å²) >= 11 is 0. The number of hydrogen-bond donors (Lipinski definition) is 0. The zero-order chi connectivity index (χ0) is 20.0. The summed E-state index contributed by atoms with van der Waals surface area (Å²) in [5.41, 5.74) is 4.77. The van der Waals surface area contributed by atoms with Crippen molar-refractivity contribution in [2.24, 2.45) is 0 Å². The summed E-state index contributed by atoms with van der Waals surface area (Å²) in [6.45, 7) is 2.47. The van der Waals surface area contributed by atoms with Gasteiger partial charge in [0, 0.05) is 25.5 Å². The van der Waals surface area contributed by atoms with Crippen LogP contribution in [0, 0.1) is 0 Å². The minimum atomic E-state index is 0. The number of pyridine rings is 1. The van der Waals surface area contributed by atoms with E-state index in [2.05, 4.69) is 28.2 Å². The van der Waals surface area contributed by atoms with Gasteiger partial charge in [0.1, 0.15) is 0 Å². The van der Waals surface area contributed by atoms with Crippen molar-refractivity contribution < 1.29 is 0 Å². The highest BCUT2D eigenvalue weighted by Gasteiger charge is 2.16. The standard InChI is InChI=1S/C27H42N2.BrH/c1(2-4-6-8-10-15-25-16-14-20-28-23-25)3-5-7-9-13-21-29-22-19-26-17-11-12-18-27(26)24-29;/h14,16,19-20,22-23H,1-13,15,17-18,21,24H2;1H. The molecule has 1 aliphatic carbocycles. The van der Waals surface area contributed by atoms with Crippen molar-refractivity contribution in [2.45, 2.75) is 103 Å². The monoisotopic (exact) mass is 474 g/mol. The first kappa shape index (κ1) is 25.2. The van der Waals surface area contributed by atoms with Crippen molar-refractivity contribution in [1.82, 2.24) is 9.88 Å². The number of rotatable bonds is 14. The lowest BCUT2D eigenvalue weighted by Crippen LogP contribution is -2.25. The average molecular weight is 476 g/mol. The number of allylic oxidation sites excluding steroid dienone is 2. The van der Waals surface area contributed by atoms with Gasteiger partial charge in [-0.25, -0.2) is 0 Å². The van der Waals surface area contributed by atoms with Crippen LogP contribution in [0.4, 0.5) is 0 Å². The van der Waals surface area contributed by atoms with E-state index in [1.807, 2.05) is 18.5 Å².